The lowest BCUT2D eigenvalue weighted by Crippen LogP contribution is -2.39. The molecule has 0 fully saturated rings. The maximum Gasteiger partial charge on any atom is 0.328 e. The second-order valence-electron chi connectivity index (χ2n) is 4.93. The molecular weight excluding hydrogens is 292 g/mol. The van der Waals surface area contributed by atoms with Crippen LogP contribution in [0.5, 0.6) is 0 Å². The number of urea groups is 1. The molecule has 118 valence electrons. The molecule has 2 amide bonds. The third-order valence-electron chi connectivity index (χ3n) is 2.89. The van der Waals surface area contributed by atoms with Gasteiger partial charge in [-0.3, -0.25) is 0 Å². The van der Waals surface area contributed by atoms with Crippen molar-refractivity contribution in [2.45, 2.75) is 31.1 Å². The molecule has 0 saturated carbocycles. The average molecular weight is 314 g/mol. The highest BCUT2D eigenvalue weighted by molar-refractivity contribution is 7.90. The Hall–Kier alpha value is -1.60. The van der Waals surface area contributed by atoms with Gasteiger partial charge in [-0.25, -0.2) is 17.9 Å². The summed E-state index contributed by atoms with van der Waals surface area (Å²) in [4.78, 5) is 11.6. The maximum atomic E-state index is 12.0. The zero-order valence-corrected chi connectivity index (χ0v) is 13.4. The second-order valence-corrected chi connectivity index (χ2v) is 6.61. The fourth-order valence-corrected chi connectivity index (χ4v) is 2.60. The molecule has 0 bridgehead atoms. The predicted octanol–water partition coefficient (Wildman–Crippen LogP) is 1.83. The number of carbonyl (C=O) groups is 1. The van der Waals surface area contributed by atoms with Crippen molar-refractivity contribution < 1.29 is 17.9 Å². The Balaban J connectivity index is 2.62. The SMILES string of the molecule is COCCCNC(=O)NS(=O)(=O)c1ccc(C(C)C)cc1. The molecule has 0 unspecified atom stereocenters. The van der Waals surface area contributed by atoms with Crippen LogP contribution in [0.4, 0.5) is 4.79 Å². The molecule has 0 radical (unpaired) electrons. The summed E-state index contributed by atoms with van der Waals surface area (Å²) >= 11 is 0. The molecule has 0 saturated heterocycles. The molecule has 0 spiro atoms. The van der Waals surface area contributed by atoms with E-state index in [2.05, 4.69) is 5.32 Å². The van der Waals surface area contributed by atoms with Crippen LogP contribution in [-0.2, 0) is 14.8 Å². The summed E-state index contributed by atoms with van der Waals surface area (Å²) in [5.41, 5.74) is 1.04. The van der Waals surface area contributed by atoms with Crippen molar-refractivity contribution in [1.29, 1.82) is 0 Å². The van der Waals surface area contributed by atoms with Gasteiger partial charge in [0.05, 0.1) is 4.90 Å². The largest absolute Gasteiger partial charge is 0.385 e. The number of carbonyl (C=O) groups excluding carboxylic acids is 1. The Kier molecular flexibility index (Phi) is 6.64. The van der Waals surface area contributed by atoms with Crippen molar-refractivity contribution in [1.82, 2.24) is 10.0 Å². The Labute approximate surface area is 125 Å². The van der Waals surface area contributed by atoms with Crippen LogP contribution in [0.25, 0.3) is 0 Å². The van der Waals surface area contributed by atoms with Crippen LogP contribution in [0, 0.1) is 0 Å². The Morgan fingerprint density at radius 1 is 1.24 bits per heavy atom. The van der Waals surface area contributed by atoms with Crippen LogP contribution in [0.2, 0.25) is 0 Å². The van der Waals surface area contributed by atoms with Crippen LogP contribution >= 0.6 is 0 Å². The third-order valence-corrected chi connectivity index (χ3v) is 4.24. The van der Waals surface area contributed by atoms with E-state index < -0.39 is 16.1 Å². The van der Waals surface area contributed by atoms with E-state index in [0.29, 0.717) is 25.5 Å². The van der Waals surface area contributed by atoms with Crippen molar-refractivity contribution in [3.63, 3.8) is 0 Å². The number of amides is 2. The molecule has 0 aliphatic carbocycles. The van der Waals surface area contributed by atoms with Crippen molar-refractivity contribution in [3.8, 4) is 0 Å². The summed E-state index contributed by atoms with van der Waals surface area (Å²) in [6.07, 6.45) is 0.618. The van der Waals surface area contributed by atoms with Gasteiger partial charge in [0.1, 0.15) is 0 Å². The number of benzene rings is 1. The first-order valence-electron chi connectivity index (χ1n) is 6.76. The van der Waals surface area contributed by atoms with Gasteiger partial charge < -0.3 is 10.1 Å². The first-order valence-corrected chi connectivity index (χ1v) is 8.24. The van der Waals surface area contributed by atoms with E-state index in [1.165, 1.54) is 12.1 Å². The van der Waals surface area contributed by atoms with Gasteiger partial charge in [-0.1, -0.05) is 26.0 Å². The normalized spacial score (nSPS) is 11.4. The summed E-state index contributed by atoms with van der Waals surface area (Å²) in [6, 6.07) is 5.75. The first-order chi connectivity index (χ1) is 9.86. The highest BCUT2D eigenvalue weighted by atomic mass is 32.2. The van der Waals surface area contributed by atoms with E-state index in [0.717, 1.165) is 5.56 Å². The molecule has 7 heteroatoms. The molecule has 6 nitrogen and oxygen atoms in total. The fourth-order valence-electron chi connectivity index (χ4n) is 1.67. The predicted molar refractivity (Wildman–Crippen MR) is 80.7 cm³/mol. The summed E-state index contributed by atoms with van der Waals surface area (Å²) in [6.45, 7) is 4.90. The number of sulfonamides is 1. The number of ether oxygens (including phenoxy) is 1. The molecule has 0 aliphatic heterocycles. The highest BCUT2D eigenvalue weighted by Crippen LogP contribution is 2.17. The van der Waals surface area contributed by atoms with E-state index in [1.54, 1.807) is 19.2 Å². The Morgan fingerprint density at radius 2 is 1.86 bits per heavy atom. The minimum Gasteiger partial charge on any atom is -0.385 e. The molecule has 1 aromatic rings. The molecule has 0 aliphatic rings. The van der Waals surface area contributed by atoms with Gasteiger partial charge in [-0.15, -0.1) is 0 Å². The monoisotopic (exact) mass is 314 g/mol. The minimum atomic E-state index is -3.84. The summed E-state index contributed by atoms with van der Waals surface area (Å²) < 4.78 is 30.8. The number of rotatable bonds is 7. The Bertz CT molecular complexity index is 553. The van der Waals surface area contributed by atoms with Crippen LogP contribution < -0.4 is 10.0 Å². The number of hydrogen-bond acceptors (Lipinski definition) is 4. The maximum absolute atomic E-state index is 12.0. The Morgan fingerprint density at radius 3 is 2.38 bits per heavy atom. The third kappa shape index (κ3) is 5.73. The molecule has 1 rings (SSSR count). The van der Waals surface area contributed by atoms with Gasteiger partial charge in [0.2, 0.25) is 0 Å². The molecule has 21 heavy (non-hydrogen) atoms. The second kappa shape index (κ2) is 7.99. The minimum absolute atomic E-state index is 0.0685. The van der Waals surface area contributed by atoms with Crippen molar-refractivity contribution in [3.05, 3.63) is 29.8 Å². The topological polar surface area (TPSA) is 84.5 Å². The molecule has 0 atom stereocenters. The molecule has 2 N–H and O–H groups in total. The zero-order chi connectivity index (χ0) is 15.9. The van der Waals surface area contributed by atoms with Gasteiger partial charge in [0.15, 0.2) is 0 Å². The van der Waals surface area contributed by atoms with Crippen LogP contribution in [0.3, 0.4) is 0 Å². The van der Waals surface area contributed by atoms with Crippen LogP contribution in [0.15, 0.2) is 29.2 Å². The quantitative estimate of drug-likeness (QED) is 0.752. The molecule has 0 heterocycles. The van der Waals surface area contributed by atoms with Gasteiger partial charge in [0.25, 0.3) is 10.0 Å². The zero-order valence-electron chi connectivity index (χ0n) is 12.5. The van der Waals surface area contributed by atoms with Gasteiger partial charge >= 0.3 is 6.03 Å². The molecule has 1 aromatic carbocycles. The summed E-state index contributed by atoms with van der Waals surface area (Å²) in [7, 11) is -2.28. The fraction of sp³-hybridized carbons (Fsp3) is 0.500. The highest BCUT2D eigenvalue weighted by Gasteiger charge is 2.17. The van der Waals surface area contributed by atoms with Crippen molar-refractivity contribution >= 4 is 16.1 Å². The molecular formula is C14H22N2O4S. The summed E-state index contributed by atoms with van der Waals surface area (Å²) in [5, 5.41) is 2.46. The smallest absolute Gasteiger partial charge is 0.328 e. The standard InChI is InChI=1S/C14H22N2O4S/c1-11(2)12-5-7-13(8-6-12)21(18,19)16-14(17)15-9-4-10-20-3/h5-8,11H,4,9-10H2,1-3H3,(H2,15,16,17). The lowest BCUT2D eigenvalue weighted by molar-refractivity contribution is 0.194. The van der Waals surface area contributed by atoms with E-state index >= 15 is 0 Å². The lowest BCUT2D eigenvalue weighted by atomic mass is 10.0. The van der Waals surface area contributed by atoms with Crippen LogP contribution in [-0.4, -0.2) is 34.7 Å². The lowest BCUT2D eigenvalue weighted by Gasteiger charge is -2.10. The number of nitrogens with one attached hydrogen (secondary N) is 2. The van der Waals surface area contributed by atoms with E-state index in [1.807, 2.05) is 18.6 Å². The van der Waals surface area contributed by atoms with Gasteiger partial charge in [0, 0.05) is 20.3 Å². The number of methoxy groups -OCH3 is 1. The van der Waals surface area contributed by atoms with Gasteiger partial charge in [-0.2, -0.15) is 0 Å². The van der Waals surface area contributed by atoms with E-state index in [-0.39, 0.29) is 4.90 Å². The van der Waals surface area contributed by atoms with E-state index in [9.17, 15) is 13.2 Å². The van der Waals surface area contributed by atoms with Crippen molar-refractivity contribution in [2.75, 3.05) is 20.3 Å². The average Bonchev–Trinajstić information content (AvgIpc) is 2.43. The van der Waals surface area contributed by atoms with E-state index in [4.69, 9.17) is 4.74 Å². The van der Waals surface area contributed by atoms with Crippen molar-refractivity contribution in [2.24, 2.45) is 0 Å². The van der Waals surface area contributed by atoms with Crippen LogP contribution in [0.1, 0.15) is 31.7 Å². The summed E-state index contributed by atoms with van der Waals surface area (Å²) in [5.74, 6) is 0.318. The number of hydrogen-bond donors (Lipinski definition) is 2. The van der Waals surface area contributed by atoms with Gasteiger partial charge in [-0.05, 0) is 30.0 Å². The molecule has 0 aromatic heterocycles. The first kappa shape index (κ1) is 17.5.